The molecule has 0 spiro atoms. The van der Waals surface area contributed by atoms with Gasteiger partial charge in [0.05, 0.1) is 18.3 Å². The van der Waals surface area contributed by atoms with Gasteiger partial charge in [0.25, 0.3) is 0 Å². The van der Waals surface area contributed by atoms with Gasteiger partial charge in [0.15, 0.2) is 6.61 Å². The Morgan fingerprint density at radius 2 is 1.68 bits per heavy atom. The Labute approximate surface area is 201 Å². The number of nitrogens with zero attached hydrogens (tertiary/aromatic N) is 1. The van der Waals surface area contributed by atoms with E-state index in [1.54, 1.807) is 36.0 Å². The van der Waals surface area contributed by atoms with E-state index >= 15 is 0 Å². The normalized spacial score (nSPS) is 10.5. The maximum absolute atomic E-state index is 12.6. The molecule has 0 fully saturated rings. The summed E-state index contributed by atoms with van der Waals surface area (Å²) in [6, 6.07) is 24.0. The Kier molecular flexibility index (Phi) is 7.29. The third-order valence-corrected chi connectivity index (χ3v) is 5.72. The second-order valence-electron chi connectivity index (χ2n) is 7.28. The number of urea groups is 1. The maximum Gasteiger partial charge on any atom is 0.343 e. The molecule has 1 aromatic heterocycles. The highest BCUT2D eigenvalue weighted by Gasteiger charge is 2.13. The molecule has 34 heavy (non-hydrogen) atoms. The molecule has 8 heteroatoms. The number of thioether (sulfide) groups is 1. The molecule has 2 amide bonds. The number of amides is 2. The molecule has 0 bridgehead atoms. The van der Waals surface area contributed by atoms with Crippen LogP contribution in [0.4, 0.5) is 16.2 Å². The van der Waals surface area contributed by atoms with Gasteiger partial charge in [-0.25, -0.2) is 14.6 Å². The van der Waals surface area contributed by atoms with Gasteiger partial charge in [-0.05, 0) is 42.7 Å². The minimum atomic E-state index is -0.493. The third kappa shape index (κ3) is 5.65. The van der Waals surface area contributed by atoms with Crippen molar-refractivity contribution in [1.82, 2.24) is 4.98 Å². The second-order valence-corrected chi connectivity index (χ2v) is 8.16. The van der Waals surface area contributed by atoms with E-state index in [1.165, 1.54) is 7.11 Å². The van der Waals surface area contributed by atoms with Crippen molar-refractivity contribution in [2.24, 2.45) is 0 Å². The molecule has 0 unspecified atom stereocenters. The summed E-state index contributed by atoms with van der Waals surface area (Å²) in [5.41, 5.74) is 3.55. The van der Waals surface area contributed by atoms with E-state index < -0.39 is 5.97 Å². The molecular weight excluding hydrogens is 450 g/mol. The van der Waals surface area contributed by atoms with E-state index in [0.717, 1.165) is 10.5 Å². The van der Waals surface area contributed by atoms with E-state index in [1.807, 2.05) is 60.9 Å². The molecule has 0 saturated carbocycles. The Bertz CT molecular complexity index is 1330. The van der Waals surface area contributed by atoms with Crippen molar-refractivity contribution in [2.45, 2.75) is 4.90 Å². The van der Waals surface area contributed by atoms with Gasteiger partial charge in [-0.2, -0.15) is 0 Å². The van der Waals surface area contributed by atoms with Crippen molar-refractivity contribution in [2.75, 3.05) is 30.6 Å². The fourth-order valence-corrected chi connectivity index (χ4v) is 3.80. The van der Waals surface area contributed by atoms with Crippen LogP contribution in [0.1, 0.15) is 0 Å². The lowest BCUT2D eigenvalue weighted by Crippen LogP contribution is -2.19. The van der Waals surface area contributed by atoms with Crippen LogP contribution in [-0.2, 0) is 9.53 Å². The standard InChI is InChI=1S/C26H23N3O4S/c1-32-25(30)16-33-24-15-23(17-7-4-3-5-8-17)29-22-12-11-19(14-21(22)24)28-26(31)27-18-9-6-10-20(13-18)34-2/h3-15H,16H2,1-2H3,(H2,27,28,31). The van der Waals surface area contributed by atoms with Gasteiger partial charge < -0.3 is 20.1 Å². The van der Waals surface area contributed by atoms with E-state index in [9.17, 15) is 9.59 Å². The summed E-state index contributed by atoms with van der Waals surface area (Å²) >= 11 is 1.60. The fourth-order valence-electron chi connectivity index (χ4n) is 3.34. The van der Waals surface area contributed by atoms with E-state index in [0.29, 0.717) is 33.7 Å². The summed E-state index contributed by atoms with van der Waals surface area (Å²) in [6.45, 7) is -0.242. The van der Waals surface area contributed by atoms with Gasteiger partial charge in [-0.1, -0.05) is 36.4 Å². The molecule has 1 heterocycles. The molecule has 0 radical (unpaired) electrons. The maximum atomic E-state index is 12.6. The zero-order valence-corrected chi connectivity index (χ0v) is 19.5. The van der Waals surface area contributed by atoms with E-state index in [-0.39, 0.29) is 12.6 Å². The van der Waals surface area contributed by atoms with Gasteiger partial charge in [0.1, 0.15) is 5.75 Å². The van der Waals surface area contributed by atoms with Gasteiger partial charge in [-0.15, -0.1) is 11.8 Å². The minimum absolute atomic E-state index is 0.242. The number of rotatable bonds is 7. The van der Waals surface area contributed by atoms with Crippen LogP contribution in [0.25, 0.3) is 22.2 Å². The molecule has 3 aromatic carbocycles. The second kappa shape index (κ2) is 10.7. The predicted molar refractivity (Wildman–Crippen MR) is 136 cm³/mol. The van der Waals surface area contributed by atoms with E-state index in [4.69, 9.17) is 14.5 Å². The van der Waals surface area contributed by atoms with E-state index in [2.05, 4.69) is 10.6 Å². The highest BCUT2D eigenvalue weighted by atomic mass is 32.2. The van der Waals surface area contributed by atoms with Crippen LogP contribution in [0.3, 0.4) is 0 Å². The Morgan fingerprint density at radius 1 is 0.912 bits per heavy atom. The highest BCUT2D eigenvalue weighted by molar-refractivity contribution is 7.98. The number of hydrogen-bond donors (Lipinski definition) is 2. The van der Waals surface area contributed by atoms with Crippen LogP contribution in [0, 0.1) is 0 Å². The summed E-state index contributed by atoms with van der Waals surface area (Å²) in [7, 11) is 1.31. The molecular formula is C26H23N3O4S. The molecule has 7 nitrogen and oxygen atoms in total. The summed E-state index contributed by atoms with van der Waals surface area (Å²) in [5, 5.41) is 6.33. The lowest BCUT2D eigenvalue weighted by Gasteiger charge is -2.13. The zero-order valence-electron chi connectivity index (χ0n) is 18.7. The highest BCUT2D eigenvalue weighted by Crippen LogP contribution is 2.32. The van der Waals surface area contributed by atoms with Crippen LogP contribution in [0.2, 0.25) is 0 Å². The summed E-state index contributed by atoms with van der Waals surface area (Å²) in [5.74, 6) is -0.0293. The summed E-state index contributed by atoms with van der Waals surface area (Å²) in [4.78, 5) is 30.0. The number of hydrogen-bond acceptors (Lipinski definition) is 6. The largest absolute Gasteiger partial charge is 0.481 e. The van der Waals surface area contributed by atoms with Crippen molar-refractivity contribution in [3.63, 3.8) is 0 Å². The smallest absolute Gasteiger partial charge is 0.343 e. The molecule has 2 N–H and O–H groups in total. The third-order valence-electron chi connectivity index (χ3n) is 5.00. The van der Waals surface area contributed by atoms with Crippen molar-refractivity contribution in [3.05, 3.63) is 78.9 Å². The molecule has 0 saturated heterocycles. The topological polar surface area (TPSA) is 89.6 Å². The molecule has 172 valence electrons. The average molecular weight is 474 g/mol. The first-order valence-corrected chi connectivity index (χ1v) is 11.7. The van der Waals surface area contributed by atoms with Crippen molar-refractivity contribution >= 4 is 46.0 Å². The van der Waals surface area contributed by atoms with Crippen molar-refractivity contribution < 1.29 is 19.1 Å². The number of pyridine rings is 1. The van der Waals surface area contributed by atoms with Crippen LogP contribution in [0.15, 0.2) is 83.8 Å². The van der Waals surface area contributed by atoms with Gasteiger partial charge in [0.2, 0.25) is 0 Å². The molecule has 4 aromatic rings. The van der Waals surface area contributed by atoms with Crippen LogP contribution < -0.4 is 15.4 Å². The average Bonchev–Trinajstić information content (AvgIpc) is 2.87. The number of aromatic nitrogens is 1. The predicted octanol–water partition coefficient (Wildman–Crippen LogP) is 5.82. The number of ether oxygens (including phenoxy) is 2. The van der Waals surface area contributed by atoms with Crippen molar-refractivity contribution in [3.8, 4) is 17.0 Å². The number of carbonyl (C=O) groups is 2. The number of anilines is 2. The molecule has 0 atom stereocenters. The van der Waals surface area contributed by atoms with Crippen LogP contribution in [0.5, 0.6) is 5.75 Å². The van der Waals surface area contributed by atoms with Crippen LogP contribution >= 0.6 is 11.8 Å². The molecule has 0 aliphatic heterocycles. The molecule has 0 aliphatic rings. The number of carbonyl (C=O) groups excluding carboxylic acids is 2. The molecule has 4 rings (SSSR count). The lowest BCUT2D eigenvalue weighted by atomic mass is 10.1. The number of benzene rings is 3. The summed E-state index contributed by atoms with van der Waals surface area (Å²) in [6.07, 6.45) is 1.98. The Morgan fingerprint density at radius 3 is 2.41 bits per heavy atom. The van der Waals surface area contributed by atoms with Crippen molar-refractivity contribution in [1.29, 1.82) is 0 Å². The lowest BCUT2D eigenvalue weighted by molar-refractivity contribution is -0.142. The van der Waals surface area contributed by atoms with Gasteiger partial charge >= 0.3 is 12.0 Å². The number of fused-ring (bicyclic) bond motifs is 1. The first kappa shape index (κ1) is 23.1. The first-order chi connectivity index (χ1) is 16.6. The SMILES string of the molecule is COC(=O)COc1cc(-c2ccccc2)nc2ccc(NC(=O)Nc3cccc(SC)c3)cc12. The Hall–Kier alpha value is -4.04. The first-order valence-electron chi connectivity index (χ1n) is 10.5. The Balaban J connectivity index is 1.62. The zero-order chi connectivity index (χ0) is 23.9. The number of nitrogens with one attached hydrogen (secondary N) is 2. The van der Waals surface area contributed by atoms with Gasteiger partial charge in [-0.3, -0.25) is 0 Å². The number of esters is 1. The fraction of sp³-hybridized carbons (Fsp3) is 0.115. The molecule has 0 aliphatic carbocycles. The quantitative estimate of drug-likeness (QED) is 0.260. The van der Waals surface area contributed by atoms with Gasteiger partial charge in [0, 0.05) is 33.3 Å². The summed E-state index contributed by atoms with van der Waals surface area (Å²) < 4.78 is 10.5. The van der Waals surface area contributed by atoms with Crippen LogP contribution in [-0.4, -0.2) is 37.0 Å². The number of methoxy groups -OCH3 is 1. The minimum Gasteiger partial charge on any atom is -0.481 e. The monoisotopic (exact) mass is 473 g/mol.